The SMILES string of the molecule is O=C(C=Cc1ccc(Cl)c(Cl)c1)Nc1cc(Cl)ccc1Cl. The third-order valence-electron chi connectivity index (χ3n) is 2.56. The van der Waals surface area contributed by atoms with Crippen molar-refractivity contribution in [3.05, 3.63) is 68.1 Å². The van der Waals surface area contributed by atoms with Crippen molar-refractivity contribution < 1.29 is 4.79 Å². The standard InChI is InChI=1S/C15H9Cl4NO/c16-10-3-5-12(18)14(8-10)20-15(21)6-2-9-1-4-11(17)13(19)7-9/h1-8H,(H,20,21). The van der Waals surface area contributed by atoms with Gasteiger partial charge in [-0.3, -0.25) is 4.79 Å². The van der Waals surface area contributed by atoms with Gasteiger partial charge in [0.1, 0.15) is 0 Å². The summed E-state index contributed by atoms with van der Waals surface area (Å²) in [6.07, 6.45) is 2.99. The highest BCUT2D eigenvalue weighted by Crippen LogP contribution is 2.26. The van der Waals surface area contributed by atoms with Crippen molar-refractivity contribution in [1.82, 2.24) is 0 Å². The van der Waals surface area contributed by atoms with Crippen molar-refractivity contribution in [2.24, 2.45) is 0 Å². The molecule has 1 N–H and O–H groups in total. The number of carbonyl (C=O) groups excluding carboxylic acids is 1. The van der Waals surface area contributed by atoms with E-state index in [4.69, 9.17) is 46.4 Å². The van der Waals surface area contributed by atoms with Crippen LogP contribution in [0.3, 0.4) is 0 Å². The maximum Gasteiger partial charge on any atom is 0.248 e. The molecule has 108 valence electrons. The molecule has 0 heterocycles. The number of anilines is 1. The van der Waals surface area contributed by atoms with Crippen LogP contribution in [0.5, 0.6) is 0 Å². The largest absolute Gasteiger partial charge is 0.321 e. The van der Waals surface area contributed by atoms with E-state index in [-0.39, 0.29) is 5.91 Å². The Hall–Kier alpha value is -1.19. The number of rotatable bonds is 3. The molecule has 0 radical (unpaired) electrons. The van der Waals surface area contributed by atoms with E-state index < -0.39 is 0 Å². The monoisotopic (exact) mass is 359 g/mol. The van der Waals surface area contributed by atoms with Gasteiger partial charge in [0.15, 0.2) is 0 Å². The molecule has 0 atom stereocenters. The average molecular weight is 361 g/mol. The number of hydrogen-bond donors (Lipinski definition) is 1. The van der Waals surface area contributed by atoms with Crippen LogP contribution in [0, 0.1) is 0 Å². The number of benzene rings is 2. The lowest BCUT2D eigenvalue weighted by Crippen LogP contribution is -2.08. The van der Waals surface area contributed by atoms with E-state index in [1.165, 1.54) is 6.08 Å². The lowest BCUT2D eigenvalue weighted by Gasteiger charge is -2.05. The quantitative estimate of drug-likeness (QED) is 0.673. The molecule has 0 fully saturated rings. The van der Waals surface area contributed by atoms with Crippen molar-refractivity contribution in [2.45, 2.75) is 0 Å². The average Bonchev–Trinajstić information content (AvgIpc) is 2.44. The van der Waals surface area contributed by atoms with Crippen LogP contribution in [0.15, 0.2) is 42.5 Å². The lowest BCUT2D eigenvalue weighted by atomic mass is 10.2. The summed E-state index contributed by atoms with van der Waals surface area (Å²) in [4.78, 5) is 11.8. The van der Waals surface area contributed by atoms with Crippen molar-refractivity contribution in [1.29, 1.82) is 0 Å². The van der Waals surface area contributed by atoms with E-state index in [1.807, 2.05) is 0 Å². The van der Waals surface area contributed by atoms with Crippen LogP contribution in [0.4, 0.5) is 5.69 Å². The number of carbonyl (C=O) groups is 1. The van der Waals surface area contributed by atoms with Gasteiger partial charge in [-0.05, 0) is 42.0 Å². The summed E-state index contributed by atoms with van der Waals surface area (Å²) in [5.41, 5.74) is 1.21. The fourth-order valence-corrected chi connectivity index (χ4v) is 2.20. The van der Waals surface area contributed by atoms with E-state index in [2.05, 4.69) is 5.32 Å². The Morgan fingerprint density at radius 2 is 1.62 bits per heavy atom. The fraction of sp³-hybridized carbons (Fsp3) is 0. The molecule has 0 aliphatic heterocycles. The van der Waals surface area contributed by atoms with Gasteiger partial charge in [0.05, 0.1) is 20.8 Å². The summed E-state index contributed by atoms with van der Waals surface area (Å²) < 4.78 is 0. The maximum atomic E-state index is 11.8. The molecule has 0 aromatic heterocycles. The van der Waals surface area contributed by atoms with Crippen LogP contribution in [0.2, 0.25) is 20.1 Å². The van der Waals surface area contributed by atoms with Gasteiger partial charge in [-0.2, -0.15) is 0 Å². The molecule has 0 saturated carbocycles. The number of hydrogen-bond acceptors (Lipinski definition) is 1. The summed E-state index contributed by atoms with van der Waals surface area (Å²) in [7, 11) is 0. The molecule has 0 aliphatic rings. The first-order valence-electron chi connectivity index (χ1n) is 5.85. The van der Waals surface area contributed by atoms with E-state index in [9.17, 15) is 4.79 Å². The zero-order valence-electron chi connectivity index (χ0n) is 10.5. The predicted molar refractivity (Wildman–Crippen MR) is 90.6 cm³/mol. The van der Waals surface area contributed by atoms with E-state index in [0.29, 0.717) is 25.8 Å². The van der Waals surface area contributed by atoms with Gasteiger partial charge >= 0.3 is 0 Å². The first-order chi connectivity index (χ1) is 9.95. The molecule has 2 rings (SSSR count). The Kier molecular flexibility index (Phi) is 5.54. The van der Waals surface area contributed by atoms with E-state index >= 15 is 0 Å². The van der Waals surface area contributed by atoms with E-state index in [1.54, 1.807) is 42.5 Å². The highest BCUT2D eigenvalue weighted by molar-refractivity contribution is 6.42. The van der Waals surface area contributed by atoms with Crippen LogP contribution in [0.1, 0.15) is 5.56 Å². The lowest BCUT2D eigenvalue weighted by molar-refractivity contribution is -0.111. The summed E-state index contributed by atoms with van der Waals surface area (Å²) >= 11 is 23.5. The van der Waals surface area contributed by atoms with Gasteiger partial charge in [-0.1, -0.05) is 52.5 Å². The predicted octanol–water partition coefficient (Wildman–Crippen LogP) is 5.95. The Bertz CT molecular complexity index is 713. The molecule has 0 aliphatic carbocycles. The minimum Gasteiger partial charge on any atom is -0.321 e. The third kappa shape index (κ3) is 4.65. The smallest absolute Gasteiger partial charge is 0.248 e. The second-order valence-corrected chi connectivity index (χ2v) is 5.78. The highest BCUT2D eigenvalue weighted by Gasteiger charge is 2.04. The Labute approximate surface area is 142 Å². The topological polar surface area (TPSA) is 29.1 Å². The summed E-state index contributed by atoms with van der Waals surface area (Å²) in [6, 6.07) is 9.92. The zero-order chi connectivity index (χ0) is 15.4. The Balaban J connectivity index is 2.09. The van der Waals surface area contributed by atoms with Gasteiger partial charge < -0.3 is 5.32 Å². The molecule has 0 unspecified atom stereocenters. The van der Waals surface area contributed by atoms with E-state index in [0.717, 1.165) is 5.56 Å². The summed E-state index contributed by atoms with van der Waals surface area (Å²) in [5, 5.41) is 4.44. The molecular formula is C15H9Cl4NO. The minimum absolute atomic E-state index is 0.328. The third-order valence-corrected chi connectivity index (χ3v) is 3.86. The molecule has 0 bridgehead atoms. The van der Waals surface area contributed by atoms with Gasteiger partial charge in [-0.25, -0.2) is 0 Å². The molecule has 0 spiro atoms. The second kappa shape index (κ2) is 7.19. The zero-order valence-corrected chi connectivity index (χ0v) is 13.6. The van der Waals surface area contributed by atoms with Crippen LogP contribution in [-0.2, 0) is 4.79 Å². The van der Waals surface area contributed by atoms with Gasteiger partial charge in [0, 0.05) is 11.1 Å². The molecule has 2 aromatic rings. The highest BCUT2D eigenvalue weighted by atomic mass is 35.5. The van der Waals surface area contributed by atoms with Crippen LogP contribution >= 0.6 is 46.4 Å². The molecule has 6 heteroatoms. The van der Waals surface area contributed by atoms with Crippen molar-refractivity contribution >= 4 is 64.1 Å². The fourth-order valence-electron chi connectivity index (χ4n) is 1.56. The van der Waals surface area contributed by atoms with Gasteiger partial charge in [0.2, 0.25) is 5.91 Å². The molecule has 21 heavy (non-hydrogen) atoms. The van der Waals surface area contributed by atoms with Crippen LogP contribution in [-0.4, -0.2) is 5.91 Å². The van der Waals surface area contributed by atoms with Crippen LogP contribution in [0.25, 0.3) is 6.08 Å². The van der Waals surface area contributed by atoms with Crippen molar-refractivity contribution in [2.75, 3.05) is 5.32 Å². The number of amides is 1. The molecule has 1 amide bonds. The first-order valence-corrected chi connectivity index (χ1v) is 7.36. The second-order valence-electron chi connectivity index (χ2n) is 4.12. The maximum absolute atomic E-state index is 11.8. The number of halogens is 4. The Morgan fingerprint density at radius 3 is 2.33 bits per heavy atom. The van der Waals surface area contributed by atoms with Gasteiger partial charge in [-0.15, -0.1) is 0 Å². The summed E-state index contributed by atoms with van der Waals surface area (Å²) in [6.45, 7) is 0. The number of nitrogens with one attached hydrogen (secondary N) is 1. The summed E-state index contributed by atoms with van der Waals surface area (Å²) in [5.74, 6) is -0.328. The molecule has 2 aromatic carbocycles. The van der Waals surface area contributed by atoms with Crippen molar-refractivity contribution in [3.63, 3.8) is 0 Å². The Morgan fingerprint density at radius 1 is 0.905 bits per heavy atom. The van der Waals surface area contributed by atoms with Crippen LogP contribution < -0.4 is 5.32 Å². The first kappa shape index (κ1) is 16.2. The molecule has 2 nitrogen and oxygen atoms in total. The molecule has 0 saturated heterocycles. The minimum atomic E-state index is -0.328. The molecular weight excluding hydrogens is 352 g/mol. The normalized spacial score (nSPS) is 10.9. The van der Waals surface area contributed by atoms with Gasteiger partial charge in [0.25, 0.3) is 0 Å². The van der Waals surface area contributed by atoms with Crippen molar-refractivity contribution in [3.8, 4) is 0 Å².